The van der Waals surface area contributed by atoms with Gasteiger partial charge in [-0.3, -0.25) is 4.79 Å². The van der Waals surface area contributed by atoms with Crippen LogP contribution in [-0.4, -0.2) is 37.6 Å². The number of amides is 1. The Bertz CT molecular complexity index is 944. The van der Waals surface area contributed by atoms with E-state index in [0.717, 1.165) is 28.3 Å². The Hall–Kier alpha value is -2.54. The average Bonchev–Trinajstić information content (AvgIpc) is 2.71. The van der Waals surface area contributed by atoms with E-state index in [0.29, 0.717) is 11.5 Å². The van der Waals surface area contributed by atoms with Crippen LogP contribution in [0.5, 0.6) is 5.75 Å². The van der Waals surface area contributed by atoms with E-state index >= 15 is 0 Å². The smallest absolute Gasteiger partial charge is 0.250 e. The Morgan fingerprint density at radius 1 is 1.37 bits per heavy atom. The predicted molar refractivity (Wildman–Crippen MR) is 121 cm³/mol. The molecule has 0 fully saturated rings. The SMILES string of the molecule is COc1ccc(SCC(=O)N/N=C/c2cc3c(cc2F)N(C)C(C)(C)CC3C)cc1. The Kier molecular flexibility index (Phi) is 6.71. The first-order valence-corrected chi connectivity index (χ1v) is 10.9. The Morgan fingerprint density at radius 2 is 2.07 bits per heavy atom. The quantitative estimate of drug-likeness (QED) is 0.407. The molecule has 1 aliphatic rings. The molecule has 2 aromatic rings. The van der Waals surface area contributed by atoms with E-state index in [9.17, 15) is 9.18 Å². The fraction of sp³-hybridized carbons (Fsp3) is 0.391. The first-order chi connectivity index (χ1) is 14.2. The van der Waals surface area contributed by atoms with E-state index in [1.54, 1.807) is 13.2 Å². The molecule has 0 spiro atoms. The van der Waals surface area contributed by atoms with Crippen molar-refractivity contribution < 1.29 is 13.9 Å². The molecule has 1 atom stereocenters. The number of ether oxygens (including phenoxy) is 1. The molecular weight excluding hydrogens is 401 g/mol. The molecule has 3 rings (SSSR count). The number of anilines is 1. The zero-order valence-corrected chi connectivity index (χ0v) is 18.8. The number of carbonyl (C=O) groups is 1. The summed E-state index contributed by atoms with van der Waals surface area (Å²) in [5, 5.41) is 3.95. The van der Waals surface area contributed by atoms with E-state index in [2.05, 4.69) is 36.2 Å². The van der Waals surface area contributed by atoms with Crippen LogP contribution in [0, 0.1) is 5.82 Å². The molecule has 0 saturated heterocycles. The summed E-state index contributed by atoms with van der Waals surface area (Å²) in [5.74, 6) is 0.697. The third-order valence-corrected chi connectivity index (χ3v) is 6.59. The maximum Gasteiger partial charge on any atom is 0.250 e. The van der Waals surface area contributed by atoms with Gasteiger partial charge in [0.1, 0.15) is 11.6 Å². The number of fused-ring (bicyclic) bond motifs is 1. The number of thioether (sulfide) groups is 1. The highest BCUT2D eigenvalue weighted by atomic mass is 32.2. The second kappa shape index (κ2) is 9.08. The normalized spacial score (nSPS) is 17.7. The molecular formula is C23H28FN3O2S. The highest BCUT2D eigenvalue weighted by Crippen LogP contribution is 2.43. The summed E-state index contributed by atoms with van der Waals surface area (Å²) in [7, 11) is 3.61. The third kappa shape index (κ3) is 4.95. The molecule has 160 valence electrons. The molecule has 0 saturated carbocycles. The van der Waals surface area contributed by atoms with Crippen molar-refractivity contribution in [2.24, 2.45) is 5.10 Å². The summed E-state index contributed by atoms with van der Waals surface area (Å²) in [4.78, 5) is 15.1. The Balaban J connectivity index is 1.62. The predicted octanol–water partition coefficient (Wildman–Crippen LogP) is 4.80. The molecule has 30 heavy (non-hydrogen) atoms. The van der Waals surface area contributed by atoms with Gasteiger partial charge >= 0.3 is 0 Å². The first-order valence-electron chi connectivity index (χ1n) is 9.87. The third-order valence-electron chi connectivity index (χ3n) is 5.57. The number of benzene rings is 2. The molecule has 1 heterocycles. The topological polar surface area (TPSA) is 53.9 Å². The summed E-state index contributed by atoms with van der Waals surface area (Å²) in [6, 6.07) is 10.9. The zero-order valence-electron chi connectivity index (χ0n) is 18.0. The highest BCUT2D eigenvalue weighted by molar-refractivity contribution is 8.00. The summed E-state index contributed by atoms with van der Waals surface area (Å²) in [5.41, 5.74) is 4.83. The lowest BCUT2D eigenvalue weighted by molar-refractivity contribution is -0.118. The highest BCUT2D eigenvalue weighted by Gasteiger charge is 2.34. The number of rotatable bonds is 6. The van der Waals surface area contributed by atoms with Gasteiger partial charge in [0.25, 0.3) is 0 Å². The van der Waals surface area contributed by atoms with E-state index in [-0.39, 0.29) is 23.0 Å². The Morgan fingerprint density at radius 3 is 2.73 bits per heavy atom. The summed E-state index contributed by atoms with van der Waals surface area (Å²) in [6.45, 7) is 6.49. The van der Waals surface area contributed by atoms with Crippen LogP contribution in [0.3, 0.4) is 0 Å². The minimum Gasteiger partial charge on any atom is -0.497 e. The largest absolute Gasteiger partial charge is 0.497 e. The van der Waals surface area contributed by atoms with E-state index < -0.39 is 0 Å². The van der Waals surface area contributed by atoms with Gasteiger partial charge in [0.05, 0.1) is 19.1 Å². The second-order valence-electron chi connectivity index (χ2n) is 8.17. The van der Waals surface area contributed by atoms with Crippen LogP contribution in [0.1, 0.15) is 44.2 Å². The molecule has 5 nitrogen and oxygen atoms in total. The number of nitrogens with one attached hydrogen (secondary N) is 1. The van der Waals surface area contributed by atoms with E-state index in [4.69, 9.17) is 4.74 Å². The van der Waals surface area contributed by atoms with Gasteiger partial charge in [0.2, 0.25) is 5.91 Å². The lowest BCUT2D eigenvalue weighted by Gasteiger charge is -2.45. The van der Waals surface area contributed by atoms with Crippen molar-refractivity contribution in [2.75, 3.05) is 24.8 Å². The first kappa shape index (κ1) is 22.2. The van der Waals surface area contributed by atoms with Crippen molar-refractivity contribution in [1.29, 1.82) is 0 Å². The van der Waals surface area contributed by atoms with Gasteiger partial charge in [-0.1, -0.05) is 6.92 Å². The zero-order chi connectivity index (χ0) is 21.9. The molecule has 1 amide bonds. The van der Waals surface area contributed by atoms with E-state index in [1.807, 2.05) is 37.4 Å². The fourth-order valence-electron chi connectivity index (χ4n) is 3.73. The molecule has 1 N–H and O–H groups in total. The van der Waals surface area contributed by atoms with Gasteiger partial charge in [-0.2, -0.15) is 5.10 Å². The van der Waals surface area contributed by atoms with Gasteiger partial charge in [0, 0.05) is 28.7 Å². The minimum atomic E-state index is -0.351. The maximum absolute atomic E-state index is 14.6. The number of nitrogens with zero attached hydrogens (tertiary/aromatic N) is 2. The number of halogens is 1. The van der Waals surface area contributed by atoms with Gasteiger partial charge in [-0.05, 0) is 68.1 Å². The fourth-order valence-corrected chi connectivity index (χ4v) is 4.42. The number of methoxy groups -OCH3 is 1. The van der Waals surface area contributed by atoms with Gasteiger partial charge in [-0.25, -0.2) is 9.82 Å². The van der Waals surface area contributed by atoms with Crippen molar-refractivity contribution >= 4 is 29.6 Å². The average molecular weight is 430 g/mol. The van der Waals surface area contributed by atoms with Gasteiger partial charge in [0.15, 0.2) is 0 Å². The van der Waals surface area contributed by atoms with Crippen LogP contribution in [-0.2, 0) is 4.79 Å². The molecule has 1 unspecified atom stereocenters. The number of hydrogen-bond acceptors (Lipinski definition) is 5. The van der Waals surface area contributed by atoms with Crippen LogP contribution in [0.25, 0.3) is 0 Å². The van der Waals surface area contributed by atoms with Crippen LogP contribution in [0.15, 0.2) is 46.4 Å². The standard InChI is InChI=1S/C23H28FN3O2S/c1-15-12-23(2,3)27(4)21-11-20(24)16(10-19(15)21)13-25-26-22(28)14-30-18-8-6-17(29-5)7-9-18/h6-11,13,15H,12,14H2,1-5H3,(H,26,28)/b25-13+. The summed E-state index contributed by atoms with van der Waals surface area (Å²) < 4.78 is 19.8. The van der Waals surface area contributed by atoms with Crippen LogP contribution in [0.4, 0.5) is 10.1 Å². The van der Waals surface area contributed by atoms with E-state index in [1.165, 1.54) is 18.0 Å². The maximum atomic E-state index is 14.6. The summed E-state index contributed by atoms with van der Waals surface area (Å²) >= 11 is 1.39. The molecule has 2 aromatic carbocycles. The second-order valence-corrected chi connectivity index (χ2v) is 9.22. The molecule has 0 aliphatic carbocycles. The van der Waals surface area contributed by atoms with Crippen molar-refractivity contribution in [2.45, 2.75) is 43.5 Å². The van der Waals surface area contributed by atoms with Gasteiger partial charge in [-0.15, -0.1) is 11.8 Å². The molecule has 0 bridgehead atoms. The molecule has 7 heteroatoms. The number of carbonyl (C=O) groups excluding carboxylic acids is 1. The number of hydrazone groups is 1. The van der Waals surface area contributed by atoms with Crippen molar-refractivity contribution in [1.82, 2.24) is 5.43 Å². The van der Waals surface area contributed by atoms with Crippen molar-refractivity contribution in [3.05, 3.63) is 53.3 Å². The summed E-state index contributed by atoms with van der Waals surface area (Å²) in [6.07, 6.45) is 2.36. The lowest BCUT2D eigenvalue weighted by atomic mass is 9.80. The van der Waals surface area contributed by atoms with Crippen LogP contribution in [0.2, 0.25) is 0 Å². The van der Waals surface area contributed by atoms with Crippen LogP contribution >= 0.6 is 11.8 Å². The molecule has 0 radical (unpaired) electrons. The monoisotopic (exact) mass is 429 g/mol. The minimum absolute atomic E-state index is 0.0238. The van der Waals surface area contributed by atoms with Crippen molar-refractivity contribution in [3.8, 4) is 5.75 Å². The molecule has 0 aromatic heterocycles. The number of hydrogen-bond donors (Lipinski definition) is 1. The van der Waals surface area contributed by atoms with Gasteiger partial charge < -0.3 is 9.64 Å². The Labute approximate surface area is 181 Å². The van der Waals surface area contributed by atoms with Crippen LogP contribution < -0.4 is 15.1 Å². The molecule has 1 aliphatic heterocycles. The van der Waals surface area contributed by atoms with Crippen molar-refractivity contribution in [3.63, 3.8) is 0 Å². The lowest BCUT2D eigenvalue weighted by Crippen LogP contribution is -2.45.